The first-order valence-corrected chi connectivity index (χ1v) is 3.68. The smallest absolute Gasteiger partial charge is 0.181 e. The van der Waals surface area contributed by atoms with Gasteiger partial charge >= 0.3 is 0 Å². The number of rotatable bonds is 1. The topological polar surface area (TPSA) is 38.9 Å². The summed E-state index contributed by atoms with van der Waals surface area (Å²) < 4.78 is 4.86. The molecule has 0 aliphatic carbocycles. The quantitative estimate of drug-likeness (QED) is 0.640. The van der Waals surface area contributed by atoms with E-state index >= 15 is 0 Å². The summed E-state index contributed by atoms with van der Waals surface area (Å²) in [5, 5.41) is 0. The van der Waals surface area contributed by atoms with E-state index in [-0.39, 0.29) is 0 Å². The molecule has 2 aromatic heterocycles. The molecule has 2 rings (SSSR count). The zero-order valence-corrected chi connectivity index (χ0v) is 6.69. The van der Waals surface area contributed by atoms with Gasteiger partial charge in [0.15, 0.2) is 6.39 Å². The Kier molecular flexibility index (Phi) is 1.63. The van der Waals surface area contributed by atoms with Crippen molar-refractivity contribution in [2.75, 3.05) is 0 Å². The van der Waals surface area contributed by atoms with Crippen LogP contribution in [0.1, 0.15) is 5.69 Å². The molecule has 0 aromatic carbocycles. The summed E-state index contributed by atoms with van der Waals surface area (Å²) in [5.41, 5.74) is 2.61. The molecule has 0 radical (unpaired) electrons. The summed E-state index contributed by atoms with van der Waals surface area (Å²) in [6.07, 6.45) is 2.99. The lowest BCUT2D eigenvalue weighted by molar-refractivity contribution is 0.558. The summed E-state index contributed by atoms with van der Waals surface area (Å²) in [6, 6.07) is 5.81. The first-order chi connectivity index (χ1) is 5.86. The summed E-state index contributed by atoms with van der Waals surface area (Å²) >= 11 is 0. The third kappa shape index (κ3) is 1.21. The van der Waals surface area contributed by atoms with Crippen LogP contribution in [-0.2, 0) is 0 Å². The van der Waals surface area contributed by atoms with Crippen molar-refractivity contribution < 1.29 is 4.42 Å². The molecule has 0 atom stereocenters. The molecule has 0 aliphatic rings. The number of hydrogen-bond donors (Lipinski definition) is 0. The minimum absolute atomic E-state index is 0.777. The Morgan fingerprint density at radius 2 is 2.17 bits per heavy atom. The summed E-state index contributed by atoms with van der Waals surface area (Å²) in [5.74, 6) is 0. The van der Waals surface area contributed by atoms with Crippen LogP contribution in [0.2, 0.25) is 0 Å². The van der Waals surface area contributed by atoms with Gasteiger partial charge in [0.2, 0.25) is 0 Å². The second kappa shape index (κ2) is 2.77. The largest absolute Gasteiger partial charge is 0.451 e. The van der Waals surface area contributed by atoms with Crippen molar-refractivity contribution >= 4 is 0 Å². The lowest BCUT2D eigenvalue weighted by Crippen LogP contribution is -1.85. The Labute approximate surface area is 70.1 Å². The highest BCUT2D eigenvalue weighted by Crippen LogP contribution is 2.13. The second-order valence-electron chi connectivity index (χ2n) is 2.54. The van der Waals surface area contributed by atoms with Crippen LogP contribution in [-0.4, -0.2) is 9.97 Å². The Morgan fingerprint density at radius 3 is 2.83 bits per heavy atom. The summed E-state index contributed by atoms with van der Waals surface area (Å²) in [6.45, 7) is 1.95. The molecule has 12 heavy (non-hydrogen) atoms. The lowest BCUT2D eigenvalue weighted by Gasteiger charge is -1.94. The monoisotopic (exact) mass is 160 g/mol. The number of pyridine rings is 1. The molecule has 0 fully saturated rings. The van der Waals surface area contributed by atoms with Crippen LogP contribution in [0.4, 0.5) is 0 Å². The van der Waals surface area contributed by atoms with Gasteiger partial charge in [-0.1, -0.05) is 6.07 Å². The van der Waals surface area contributed by atoms with Gasteiger partial charge in [-0.2, -0.15) is 0 Å². The maximum Gasteiger partial charge on any atom is 0.181 e. The van der Waals surface area contributed by atoms with Crippen molar-refractivity contribution in [1.82, 2.24) is 9.97 Å². The number of hydrogen-bond acceptors (Lipinski definition) is 3. The van der Waals surface area contributed by atoms with Gasteiger partial charge in [0.1, 0.15) is 12.0 Å². The van der Waals surface area contributed by atoms with Crippen LogP contribution in [0, 0.1) is 6.92 Å². The van der Waals surface area contributed by atoms with Gasteiger partial charge in [-0.15, -0.1) is 0 Å². The minimum Gasteiger partial charge on any atom is -0.451 e. The van der Waals surface area contributed by atoms with Crippen molar-refractivity contribution in [2.24, 2.45) is 0 Å². The van der Waals surface area contributed by atoms with Gasteiger partial charge in [-0.25, -0.2) is 4.98 Å². The van der Waals surface area contributed by atoms with Crippen molar-refractivity contribution in [3.8, 4) is 11.4 Å². The van der Waals surface area contributed by atoms with Crippen LogP contribution in [0.15, 0.2) is 35.3 Å². The van der Waals surface area contributed by atoms with Gasteiger partial charge in [-0.05, 0) is 19.1 Å². The predicted octanol–water partition coefficient (Wildman–Crippen LogP) is 2.05. The molecular formula is C9H8N2O. The van der Waals surface area contributed by atoms with E-state index in [1.54, 1.807) is 6.26 Å². The molecule has 0 N–H and O–H groups in total. The van der Waals surface area contributed by atoms with E-state index in [9.17, 15) is 0 Å². The Hall–Kier alpha value is -1.64. The fraction of sp³-hybridized carbons (Fsp3) is 0.111. The molecule has 3 nitrogen and oxygen atoms in total. The highest BCUT2D eigenvalue weighted by molar-refractivity contribution is 5.51. The first-order valence-electron chi connectivity index (χ1n) is 3.68. The Bertz CT molecular complexity index is 368. The maximum atomic E-state index is 4.86. The average Bonchev–Trinajstić information content (AvgIpc) is 2.56. The lowest BCUT2D eigenvalue weighted by atomic mass is 10.3. The third-order valence-corrected chi connectivity index (χ3v) is 1.58. The second-order valence-corrected chi connectivity index (χ2v) is 2.54. The highest BCUT2D eigenvalue weighted by Gasteiger charge is 2.00. The van der Waals surface area contributed by atoms with E-state index in [1.165, 1.54) is 6.39 Å². The van der Waals surface area contributed by atoms with E-state index in [4.69, 9.17) is 4.42 Å². The zero-order chi connectivity index (χ0) is 8.39. The van der Waals surface area contributed by atoms with Gasteiger partial charge in [0.05, 0.1) is 5.69 Å². The Balaban J connectivity index is 2.48. The Morgan fingerprint density at radius 1 is 1.25 bits per heavy atom. The minimum atomic E-state index is 0.777. The molecule has 3 heteroatoms. The van der Waals surface area contributed by atoms with Crippen LogP contribution < -0.4 is 0 Å². The molecule has 0 aliphatic heterocycles. The molecule has 60 valence electrons. The third-order valence-electron chi connectivity index (χ3n) is 1.58. The number of aryl methyl sites for hydroxylation is 1. The maximum absolute atomic E-state index is 4.86. The van der Waals surface area contributed by atoms with Gasteiger partial charge in [-0.3, -0.25) is 4.98 Å². The highest BCUT2D eigenvalue weighted by atomic mass is 16.3. The molecule has 2 aromatic rings. The summed E-state index contributed by atoms with van der Waals surface area (Å²) in [7, 11) is 0. The molecule has 2 heterocycles. The fourth-order valence-electron chi connectivity index (χ4n) is 1.02. The SMILES string of the molecule is Cc1cccc(-c2cocn2)n1. The van der Waals surface area contributed by atoms with Gasteiger partial charge in [0, 0.05) is 5.69 Å². The molecule has 0 saturated carbocycles. The molecule has 0 spiro atoms. The zero-order valence-electron chi connectivity index (χ0n) is 6.69. The van der Waals surface area contributed by atoms with Crippen molar-refractivity contribution in [3.05, 3.63) is 36.5 Å². The van der Waals surface area contributed by atoms with E-state index in [2.05, 4.69) is 9.97 Å². The van der Waals surface area contributed by atoms with Crippen molar-refractivity contribution in [2.45, 2.75) is 6.92 Å². The number of oxazole rings is 1. The molecular weight excluding hydrogens is 152 g/mol. The van der Waals surface area contributed by atoms with Crippen molar-refractivity contribution in [1.29, 1.82) is 0 Å². The van der Waals surface area contributed by atoms with Crippen molar-refractivity contribution in [3.63, 3.8) is 0 Å². The predicted molar refractivity (Wildman–Crippen MR) is 44.5 cm³/mol. The van der Waals surface area contributed by atoms with Crippen LogP contribution in [0.25, 0.3) is 11.4 Å². The van der Waals surface area contributed by atoms with Crippen LogP contribution >= 0.6 is 0 Å². The number of nitrogens with zero attached hydrogens (tertiary/aromatic N) is 2. The van der Waals surface area contributed by atoms with Gasteiger partial charge in [0.25, 0.3) is 0 Å². The average molecular weight is 160 g/mol. The van der Waals surface area contributed by atoms with Crippen LogP contribution in [0.5, 0.6) is 0 Å². The van der Waals surface area contributed by atoms with E-state index in [1.807, 2.05) is 25.1 Å². The van der Waals surface area contributed by atoms with Gasteiger partial charge < -0.3 is 4.42 Å². The number of aromatic nitrogens is 2. The van der Waals surface area contributed by atoms with E-state index in [0.29, 0.717) is 0 Å². The molecule has 0 amide bonds. The normalized spacial score (nSPS) is 10.1. The van der Waals surface area contributed by atoms with Crippen LogP contribution in [0.3, 0.4) is 0 Å². The van der Waals surface area contributed by atoms with E-state index in [0.717, 1.165) is 17.1 Å². The molecule has 0 unspecified atom stereocenters. The van der Waals surface area contributed by atoms with E-state index < -0.39 is 0 Å². The standard InChI is InChI=1S/C9H8N2O/c1-7-3-2-4-8(11-7)9-5-12-6-10-9/h2-6H,1H3. The molecule has 0 saturated heterocycles. The first kappa shape index (κ1) is 7.03. The fourth-order valence-corrected chi connectivity index (χ4v) is 1.02. The molecule has 0 bridgehead atoms. The summed E-state index contributed by atoms with van der Waals surface area (Å²) in [4.78, 5) is 8.29.